The van der Waals surface area contributed by atoms with E-state index in [1.807, 2.05) is 0 Å². The van der Waals surface area contributed by atoms with Crippen molar-refractivity contribution < 1.29 is 119 Å². The summed E-state index contributed by atoms with van der Waals surface area (Å²) in [5, 5.41) is 53.8. The van der Waals surface area contributed by atoms with Crippen LogP contribution in [0.3, 0.4) is 0 Å². The van der Waals surface area contributed by atoms with Gasteiger partial charge in [-0.05, 0) is 26.0 Å². The van der Waals surface area contributed by atoms with Gasteiger partial charge in [0.25, 0.3) is 0 Å². The van der Waals surface area contributed by atoms with Crippen molar-refractivity contribution >= 4 is 35.8 Å². The maximum atomic E-state index is 10.6. The molecule has 0 aromatic heterocycles. The maximum Gasteiger partial charge on any atom is 1.00 e. The molecule has 0 aliphatic rings. The van der Waals surface area contributed by atoms with E-state index in [2.05, 4.69) is 0 Å². The summed E-state index contributed by atoms with van der Waals surface area (Å²) >= 11 is 0. The first-order chi connectivity index (χ1) is 16.7. The summed E-state index contributed by atoms with van der Waals surface area (Å²) in [6.45, 7) is 1.36. The summed E-state index contributed by atoms with van der Waals surface area (Å²) in [6, 6.07) is 0. The molecular formula is C22H30N2Na2O12. The smallest absolute Gasteiger partial charge is 0.545 e. The minimum Gasteiger partial charge on any atom is -0.545 e. The summed E-state index contributed by atoms with van der Waals surface area (Å²) in [7, 11) is 0. The second-order valence-electron chi connectivity index (χ2n) is 6.40. The molecule has 0 aliphatic carbocycles. The molecule has 16 heteroatoms. The Kier molecular flexibility index (Phi) is 37.1. The van der Waals surface area contributed by atoms with Gasteiger partial charge in [-0.15, -0.1) is 0 Å². The molecule has 0 fully saturated rings. The monoisotopic (exact) mass is 560 g/mol. The van der Waals surface area contributed by atoms with E-state index in [9.17, 15) is 39.0 Å². The second kappa shape index (κ2) is 30.9. The molecule has 0 atom stereocenters. The van der Waals surface area contributed by atoms with Gasteiger partial charge < -0.3 is 40.2 Å². The molecule has 0 radical (unpaired) electrons. The van der Waals surface area contributed by atoms with E-state index in [0.717, 1.165) is 22.0 Å². The van der Waals surface area contributed by atoms with Crippen LogP contribution in [0.5, 0.6) is 0 Å². The van der Waals surface area contributed by atoms with Gasteiger partial charge in [0.15, 0.2) is 0 Å². The number of aliphatic carboxylic acids is 6. The molecular weight excluding hydrogens is 530 g/mol. The number of carbonyl (C=O) groups excluding carboxylic acids is 2. The molecule has 0 rings (SSSR count). The molecule has 0 bridgehead atoms. The predicted molar refractivity (Wildman–Crippen MR) is 121 cm³/mol. The maximum absolute atomic E-state index is 10.6. The van der Waals surface area contributed by atoms with Crippen LogP contribution in [0.15, 0.2) is 48.6 Å². The number of hydrogen-bond acceptors (Lipinski definition) is 10. The third-order valence-electron chi connectivity index (χ3n) is 3.24. The van der Waals surface area contributed by atoms with Crippen LogP contribution < -0.4 is 69.3 Å². The minimum absolute atomic E-state index is 0. The zero-order chi connectivity index (χ0) is 28.5. The Balaban J connectivity index is -0.000000167. The van der Waals surface area contributed by atoms with Gasteiger partial charge in [-0.2, -0.15) is 0 Å². The Hall–Kier alpha value is -2.30. The van der Waals surface area contributed by atoms with Crippen LogP contribution in [-0.4, -0.2) is 105 Å². The molecule has 0 spiro atoms. The third-order valence-corrected chi connectivity index (χ3v) is 3.24. The van der Waals surface area contributed by atoms with Crippen LogP contribution in [0.25, 0.3) is 0 Å². The molecule has 0 heterocycles. The van der Waals surface area contributed by atoms with Gasteiger partial charge in [-0.1, -0.05) is 36.5 Å². The van der Waals surface area contributed by atoms with E-state index in [0.29, 0.717) is 0 Å². The number of hydrogen-bond donors (Lipinski definition) is 4. The van der Waals surface area contributed by atoms with Crippen molar-refractivity contribution in [3.05, 3.63) is 48.6 Å². The van der Waals surface area contributed by atoms with Crippen LogP contribution in [0, 0.1) is 0 Å². The van der Waals surface area contributed by atoms with Crippen LogP contribution in [0.2, 0.25) is 0 Å². The molecule has 0 saturated heterocycles. The first-order valence-electron chi connectivity index (χ1n) is 10.1. The van der Waals surface area contributed by atoms with Crippen molar-refractivity contribution in [1.29, 1.82) is 0 Å². The predicted octanol–water partition coefficient (Wildman–Crippen LogP) is -8.33. The molecule has 0 aliphatic heterocycles. The van der Waals surface area contributed by atoms with Gasteiger partial charge in [0.1, 0.15) is 0 Å². The molecule has 0 amide bonds. The van der Waals surface area contributed by atoms with E-state index in [4.69, 9.17) is 20.4 Å². The van der Waals surface area contributed by atoms with Crippen molar-refractivity contribution in [1.82, 2.24) is 9.80 Å². The fraction of sp³-hybridized carbons (Fsp3) is 0.364. The molecule has 14 nitrogen and oxygen atoms in total. The number of carboxylic acids is 6. The summed E-state index contributed by atoms with van der Waals surface area (Å²) in [5.74, 6) is -7.24. The van der Waals surface area contributed by atoms with E-state index >= 15 is 0 Å². The zero-order valence-corrected chi connectivity index (χ0v) is 25.8. The van der Waals surface area contributed by atoms with Crippen molar-refractivity contribution in [3.8, 4) is 0 Å². The Morgan fingerprint density at radius 2 is 0.789 bits per heavy atom. The SMILES string of the molecule is CC=CC=CC(=O)[O-].CC=CC=CC(=O)[O-].O=C(O)CN(CCN(CC(=O)O)CC(=O)O)CC(=O)O.[Na+].[Na+]. The topological polar surface area (TPSA) is 236 Å². The summed E-state index contributed by atoms with van der Waals surface area (Å²) < 4.78 is 0. The van der Waals surface area contributed by atoms with E-state index in [-0.39, 0.29) is 72.2 Å². The number of carboxylic acid groups (broad SMARTS) is 6. The van der Waals surface area contributed by atoms with Gasteiger partial charge in [-0.25, -0.2) is 0 Å². The third kappa shape index (κ3) is 43.7. The fourth-order valence-electron chi connectivity index (χ4n) is 1.97. The molecule has 0 aromatic rings. The molecule has 202 valence electrons. The summed E-state index contributed by atoms with van der Waals surface area (Å²) in [5.41, 5.74) is 0. The number of nitrogens with zero attached hydrogens (tertiary/aromatic N) is 2. The molecule has 0 unspecified atom stereocenters. The van der Waals surface area contributed by atoms with Crippen molar-refractivity contribution in [2.45, 2.75) is 13.8 Å². The van der Waals surface area contributed by atoms with Gasteiger partial charge in [0.2, 0.25) is 0 Å². The van der Waals surface area contributed by atoms with Gasteiger partial charge >= 0.3 is 83.0 Å². The van der Waals surface area contributed by atoms with Crippen LogP contribution in [-0.2, 0) is 28.8 Å². The Morgan fingerprint density at radius 1 is 0.553 bits per heavy atom. The normalized spacial score (nSPS) is 10.3. The zero-order valence-electron chi connectivity index (χ0n) is 21.8. The summed E-state index contributed by atoms with van der Waals surface area (Å²) in [4.78, 5) is 63.6. The average Bonchev–Trinajstić information content (AvgIpc) is 2.71. The van der Waals surface area contributed by atoms with Crippen LogP contribution in [0.4, 0.5) is 0 Å². The molecule has 0 aromatic carbocycles. The standard InChI is InChI=1S/C10H16N2O8.2C6H8O2.2Na/c13-7(14)3-11(4-8(15)16)1-2-12(5-9(17)18)6-10(19)20;2*1-2-3-4-5-6(7)8;;/h1-6H2,(H,13,14)(H,15,16)(H,17,18)(H,19,20);2*2-5H,1H3,(H,7,8);;/q;;;2*+1/p-2. The largest absolute Gasteiger partial charge is 1.00 e. The van der Waals surface area contributed by atoms with E-state index < -0.39 is 62.0 Å². The minimum atomic E-state index is -1.23. The molecule has 0 saturated carbocycles. The second-order valence-corrected chi connectivity index (χ2v) is 6.40. The molecule has 38 heavy (non-hydrogen) atoms. The van der Waals surface area contributed by atoms with Crippen molar-refractivity contribution in [2.75, 3.05) is 39.3 Å². The number of allylic oxidation sites excluding steroid dienone is 6. The Morgan fingerprint density at radius 3 is 0.947 bits per heavy atom. The summed E-state index contributed by atoms with van der Waals surface area (Å²) in [6.07, 6.45) is 11.5. The first kappa shape index (κ1) is 45.6. The fourth-order valence-corrected chi connectivity index (χ4v) is 1.97. The van der Waals surface area contributed by atoms with Crippen LogP contribution in [0.1, 0.15) is 13.8 Å². The van der Waals surface area contributed by atoms with Gasteiger partial charge in [0, 0.05) is 13.1 Å². The number of carbonyl (C=O) groups is 6. The molecule has 4 N–H and O–H groups in total. The van der Waals surface area contributed by atoms with Gasteiger partial charge in [0.05, 0.1) is 38.1 Å². The van der Waals surface area contributed by atoms with E-state index in [1.165, 1.54) is 12.2 Å². The number of rotatable bonds is 15. The van der Waals surface area contributed by atoms with Gasteiger partial charge in [-0.3, -0.25) is 29.0 Å². The average molecular weight is 560 g/mol. The van der Waals surface area contributed by atoms with Crippen LogP contribution >= 0.6 is 0 Å². The quantitative estimate of drug-likeness (QED) is 0.0827. The Bertz CT molecular complexity index is 742. The Labute approximate surface area is 264 Å². The van der Waals surface area contributed by atoms with Crippen molar-refractivity contribution in [3.63, 3.8) is 0 Å². The van der Waals surface area contributed by atoms with Crippen molar-refractivity contribution in [2.24, 2.45) is 0 Å². The van der Waals surface area contributed by atoms with E-state index in [1.54, 1.807) is 38.2 Å². The first-order valence-corrected chi connectivity index (χ1v) is 10.1.